The molecule has 0 atom stereocenters. The Balaban J connectivity index is 0.000000348. The number of carbonyl (C=O) groups is 1. The van der Waals surface area contributed by atoms with Gasteiger partial charge in [-0.15, -0.1) is 29.1 Å². The summed E-state index contributed by atoms with van der Waals surface area (Å²) in [5.74, 6) is 1.03. The Morgan fingerprint density at radius 2 is 1.51 bits per heavy atom. The fourth-order valence-corrected chi connectivity index (χ4v) is 5.41. The Bertz CT molecular complexity index is 1530. The minimum atomic E-state index is 0. The third kappa shape index (κ3) is 9.06. The summed E-state index contributed by atoms with van der Waals surface area (Å²) in [4.78, 5) is 20.9. The van der Waals surface area contributed by atoms with Gasteiger partial charge in [-0.3, -0.25) is 9.78 Å². The van der Waals surface area contributed by atoms with Crippen LogP contribution in [0.2, 0.25) is 0 Å². The van der Waals surface area contributed by atoms with Crippen LogP contribution < -0.4 is 0 Å². The van der Waals surface area contributed by atoms with E-state index in [2.05, 4.69) is 99.2 Å². The summed E-state index contributed by atoms with van der Waals surface area (Å²) in [5.41, 5.74) is 5.62. The van der Waals surface area contributed by atoms with Gasteiger partial charge in [0.1, 0.15) is 6.33 Å². The molecular formula is C38H49IrN2O2-. The number of hydrogen-bond acceptors (Lipinski definition) is 4. The summed E-state index contributed by atoms with van der Waals surface area (Å²) in [6.07, 6.45) is 6.57. The quantitative estimate of drug-likeness (QED) is 0.105. The Labute approximate surface area is 272 Å². The molecule has 4 nitrogen and oxygen atoms in total. The Morgan fingerprint density at radius 3 is 2.09 bits per heavy atom. The molecule has 0 spiro atoms. The second kappa shape index (κ2) is 16.3. The van der Waals surface area contributed by atoms with Crippen molar-refractivity contribution in [2.24, 2.45) is 11.8 Å². The molecule has 0 unspecified atom stereocenters. The Kier molecular flexibility index (Phi) is 13.7. The van der Waals surface area contributed by atoms with E-state index in [1.807, 2.05) is 27.7 Å². The van der Waals surface area contributed by atoms with E-state index in [0.29, 0.717) is 5.92 Å². The van der Waals surface area contributed by atoms with Crippen LogP contribution in [-0.4, -0.2) is 20.9 Å². The van der Waals surface area contributed by atoms with Crippen molar-refractivity contribution in [2.45, 2.75) is 99.3 Å². The van der Waals surface area contributed by atoms with Gasteiger partial charge in [0.05, 0.1) is 11.3 Å². The van der Waals surface area contributed by atoms with Crippen LogP contribution in [0.25, 0.3) is 32.9 Å². The molecule has 0 saturated heterocycles. The van der Waals surface area contributed by atoms with Gasteiger partial charge in [0.2, 0.25) is 0 Å². The normalized spacial score (nSPS) is 12.0. The Morgan fingerprint density at radius 1 is 0.884 bits per heavy atom. The zero-order chi connectivity index (χ0) is 31.0. The molecule has 233 valence electrons. The first kappa shape index (κ1) is 36.3. The second-order valence-electron chi connectivity index (χ2n) is 12.5. The number of aliphatic hydroxyl groups excluding tert-OH is 1. The van der Waals surface area contributed by atoms with Crippen LogP contribution in [0.5, 0.6) is 0 Å². The van der Waals surface area contributed by atoms with Gasteiger partial charge in [-0.25, -0.2) is 4.98 Å². The van der Waals surface area contributed by atoms with E-state index >= 15 is 0 Å². The molecule has 0 aliphatic rings. The van der Waals surface area contributed by atoms with Gasteiger partial charge >= 0.3 is 0 Å². The van der Waals surface area contributed by atoms with Gasteiger partial charge in [0.15, 0.2) is 5.78 Å². The topological polar surface area (TPSA) is 63.1 Å². The van der Waals surface area contributed by atoms with Crippen LogP contribution >= 0.6 is 0 Å². The molecule has 1 N–H and O–H groups in total. The summed E-state index contributed by atoms with van der Waals surface area (Å²) in [7, 11) is 0. The van der Waals surface area contributed by atoms with E-state index in [1.165, 1.54) is 22.6 Å². The zero-order valence-electron chi connectivity index (χ0n) is 27.4. The third-order valence-electron chi connectivity index (χ3n) is 8.25. The average molecular weight is 758 g/mol. The average Bonchev–Trinajstić information content (AvgIpc) is 2.97. The molecule has 3 aromatic carbocycles. The molecule has 4 aromatic rings. The van der Waals surface area contributed by atoms with E-state index in [-0.39, 0.29) is 48.9 Å². The first-order chi connectivity index (χ1) is 19.9. The molecule has 0 fully saturated rings. The predicted molar refractivity (Wildman–Crippen MR) is 178 cm³/mol. The fourth-order valence-electron chi connectivity index (χ4n) is 5.41. The summed E-state index contributed by atoms with van der Waals surface area (Å²) >= 11 is 0. The molecule has 43 heavy (non-hydrogen) atoms. The summed E-state index contributed by atoms with van der Waals surface area (Å²) < 4.78 is 0. The second-order valence-corrected chi connectivity index (χ2v) is 12.5. The first-order valence-electron chi connectivity index (χ1n) is 15.6. The van der Waals surface area contributed by atoms with Gasteiger partial charge in [-0.05, 0) is 54.0 Å². The number of fused-ring (bicyclic) bond motifs is 2. The van der Waals surface area contributed by atoms with Gasteiger partial charge < -0.3 is 5.11 Å². The van der Waals surface area contributed by atoms with Crippen LogP contribution in [0.1, 0.15) is 105 Å². The number of allylic oxidation sites excluding steroid dienone is 2. The molecule has 0 aliphatic carbocycles. The van der Waals surface area contributed by atoms with Crippen molar-refractivity contribution in [2.75, 3.05) is 0 Å². The first-order valence-corrected chi connectivity index (χ1v) is 15.6. The van der Waals surface area contributed by atoms with Crippen LogP contribution in [0.15, 0.2) is 66.7 Å². The van der Waals surface area contributed by atoms with Crippen LogP contribution in [0.3, 0.4) is 0 Å². The number of rotatable bonds is 9. The molecule has 0 bridgehead atoms. The number of aliphatic hydroxyl groups is 1. The molecule has 4 rings (SSSR count). The summed E-state index contributed by atoms with van der Waals surface area (Å²) in [6.45, 7) is 19.2. The number of benzene rings is 3. The molecular weight excluding hydrogens is 709 g/mol. The van der Waals surface area contributed by atoms with E-state index in [4.69, 9.17) is 0 Å². The van der Waals surface area contributed by atoms with Crippen LogP contribution in [-0.2, 0) is 30.3 Å². The monoisotopic (exact) mass is 758 g/mol. The fraction of sp³-hybridized carbons (Fsp3) is 0.447. The molecule has 5 heteroatoms. The maximum absolute atomic E-state index is 11.7. The van der Waals surface area contributed by atoms with Gasteiger partial charge in [-0.2, -0.15) is 0 Å². The number of aromatic nitrogens is 2. The van der Waals surface area contributed by atoms with Gasteiger partial charge in [0.25, 0.3) is 0 Å². The molecule has 0 aliphatic heterocycles. The Hall–Kier alpha value is -2.88. The molecule has 0 saturated carbocycles. The molecule has 0 amide bonds. The van der Waals surface area contributed by atoms with E-state index in [9.17, 15) is 9.90 Å². The smallest absolute Gasteiger partial charge is 0.162 e. The van der Waals surface area contributed by atoms with Crippen molar-refractivity contribution in [3.05, 3.63) is 83.9 Å². The van der Waals surface area contributed by atoms with E-state index in [1.54, 1.807) is 6.33 Å². The summed E-state index contributed by atoms with van der Waals surface area (Å²) in [6, 6.07) is 20.8. The maximum atomic E-state index is 11.7. The predicted octanol–water partition coefficient (Wildman–Crippen LogP) is 10.5. The summed E-state index contributed by atoms with van der Waals surface area (Å²) in [5, 5.41) is 13.2. The number of carbonyl (C=O) groups excluding carboxylic acids is 1. The van der Waals surface area contributed by atoms with Crippen molar-refractivity contribution >= 4 is 27.5 Å². The van der Waals surface area contributed by atoms with Gasteiger partial charge in [-0.1, -0.05) is 104 Å². The van der Waals surface area contributed by atoms with Crippen LogP contribution in [0.4, 0.5) is 0 Å². The largest absolute Gasteiger partial charge is 0.512 e. The van der Waals surface area contributed by atoms with Crippen molar-refractivity contribution in [1.82, 2.24) is 9.97 Å². The molecule has 1 heterocycles. The van der Waals surface area contributed by atoms with Gasteiger partial charge in [0, 0.05) is 43.7 Å². The van der Waals surface area contributed by atoms with Crippen molar-refractivity contribution < 1.29 is 30.0 Å². The molecule has 1 aromatic heterocycles. The minimum Gasteiger partial charge on any atom is -0.512 e. The number of hydrogen-bond donors (Lipinski definition) is 1. The zero-order valence-corrected chi connectivity index (χ0v) is 29.8. The van der Waals surface area contributed by atoms with E-state index in [0.717, 1.165) is 53.2 Å². The number of nitrogens with zero attached hydrogens (tertiary/aromatic N) is 2. The van der Waals surface area contributed by atoms with Crippen molar-refractivity contribution in [1.29, 1.82) is 0 Å². The van der Waals surface area contributed by atoms with Crippen molar-refractivity contribution in [3.8, 4) is 11.3 Å². The minimum absolute atomic E-state index is 0. The number of ketones is 1. The SMILES string of the molecule is CC(C)c1ccc2c(-c3[c-]c4ccccc4c(C(C)(C)C)c3)ncnc2c1.CCC(CC)C(=O)/C=C(\O)C(CC)CC.[Ir]. The third-order valence-corrected chi connectivity index (χ3v) is 8.25. The van der Waals surface area contributed by atoms with E-state index < -0.39 is 0 Å². The maximum Gasteiger partial charge on any atom is 0.162 e. The molecule has 1 radical (unpaired) electrons. The van der Waals surface area contributed by atoms with Crippen molar-refractivity contribution in [3.63, 3.8) is 0 Å². The van der Waals surface area contributed by atoms with Crippen LogP contribution in [0, 0.1) is 17.9 Å². The standard InChI is InChI=1S/C25H25N2.C13H24O2.Ir/c1-16(2)17-10-11-21-23(14-17)26-15-27-24(21)19-12-18-8-6-7-9-20(18)22(13-19)25(3,4)5;1-5-10(6-2)12(14)9-13(15)11(7-3)8-4;/h6-11,13-16H,1-5H3;9-11,14H,5-8H2,1-4H3;/q-1;;/b;12-9-;.